The molecule has 3 aromatic rings. The summed E-state index contributed by atoms with van der Waals surface area (Å²) in [5.41, 5.74) is 9.30. The zero-order chi connectivity index (χ0) is 17.7. The van der Waals surface area contributed by atoms with Gasteiger partial charge in [-0.15, -0.1) is 0 Å². The quantitative estimate of drug-likeness (QED) is 0.730. The lowest BCUT2D eigenvalue weighted by Gasteiger charge is -2.10. The molecule has 0 aliphatic heterocycles. The molecule has 0 atom stereocenters. The summed E-state index contributed by atoms with van der Waals surface area (Å²) in [5.74, 6) is 0. The molecule has 0 saturated carbocycles. The van der Waals surface area contributed by atoms with Crippen LogP contribution in [0.1, 0.15) is 12.5 Å². The summed E-state index contributed by atoms with van der Waals surface area (Å²) in [5, 5.41) is 1.16. The average Bonchev–Trinajstić information content (AvgIpc) is 2.59. The van der Waals surface area contributed by atoms with Crippen molar-refractivity contribution in [1.82, 2.24) is 4.98 Å². The first kappa shape index (κ1) is 18.0. The van der Waals surface area contributed by atoms with Crippen LogP contribution in [-0.4, -0.2) is 19.2 Å². The highest BCUT2D eigenvalue weighted by molar-refractivity contribution is 6.33. The highest BCUT2D eigenvalue weighted by Crippen LogP contribution is 2.30. The third kappa shape index (κ3) is 3.61. The van der Waals surface area contributed by atoms with Crippen molar-refractivity contribution in [3.8, 4) is 11.3 Å². The van der Waals surface area contributed by atoms with Gasteiger partial charge in [0.25, 0.3) is 0 Å². The van der Waals surface area contributed by atoms with E-state index in [9.17, 15) is 4.79 Å². The normalized spacial score (nSPS) is 10.3. The minimum atomic E-state index is -0.165. The van der Waals surface area contributed by atoms with E-state index in [4.69, 9.17) is 17.3 Å². The number of hydrogen-bond donors (Lipinski definition) is 2. The van der Waals surface area contributed by atoms with Crippen molar-refractivity contribution in [1.29, 1.82) is 0 Å². The Morgan fingerprint density at radius 3 is 2.46 bits per heavy atom. The summed E-state index contributed by atoms with van der Waals surface area (Å²) >= 11 is 6.22. The number of methoxy groups -OCH3 is 1. The topological polar surface area (TPSA) is 68.1 Å². The van der Waals surface area contributed by atoms with E-state index in [1.807, 2.05) is 36.4 Å². The molecule has 0 aliphatic rings. The standard InChI is InChI=1S/C17H15ClN2O.C2H6O/c1-2-10-7-8-12-14(9-10)20-16(15(19)17(12)21)11-5-3-4-6-13(11)18;1-3-2/h3-9H,2,19H2,1H3,(H,20,21);1-2H3. The molecule has 3 N–H and O–H groups in total. The van der Waals surface area contributed by atoms with Gasteiger partial charge in [0.1, 0.15) is 5.69 Å². The molecule has 0 unspecified atom stereocenters. The average molecular weight is 345 g/mol. The molecule has 5 heteroatoms. The van der Waals surface area contributed by atoms with Crippen molar-refractivity contribution in [2.45, 2.75) is 13.3 Å². The van der Waals surface area contributed by atoms with Crippen LogP contribution in [0, 0.1) is 0 Å². The molecular weight excluding hydrogens is 324 g/mol. The molecule has 0 spiro atoms. The summed E-state index contributed by atoms with van der Waals surface area (Å²) in [6, 6.07) is 13.1. The van der Waals surface area contributed by atoms with E-state index >= 15 is 0 Å². The van der Waals surface area contributed by atoms with Gasteiger partial charge >= 0.3 is 0 Å². The zero-order valence-corrected chi connectivity index (χ0v) is 14.8. The Labute approximate surface area is 146 Å². The van der Waals surface area contributed by atoms with Crippen LogP contribution in [0.4, 0.5) is 5.69 Å². The monoisotopic (exact) mass is 344 g/mol. The highest BCUT2D eigenvalue weighted by Gasteiger charge is 2.13. The highest BCUT2D eigenvalue weighted by atomic mass is 35.5. The molecule has 0 saturated heterocycles. The summed E-state index contributed by atoms with van der Waals surface area (Å²) in [7, 11) is 3.25. The second-order valence-corrected chi connectivity index (χ2v) is 5.77. The number of aryl methyl sites for hydroxylation is 1. The Morgan fingerprint density at radius 2 is 1.83 bits per heavy atom. The number of nitrogens with one attached hydrogen (secondary N) is 1. The Morgan fingerprint density at radius 1 is 1.17 bits per heavy atom. The van der Waals surface area contributed by atoms with Gasteiger partial charge in [-0.2, -0.15) is 0 Å². The van der Waals surface area contributed by atoms with Crippen molar-refractivity contribution in [2.24, 2.45) is 0 Å². The van der Waals surface area contributed by atoms with Crippen molar-refractivity contribution >= 4 is 28.2 Å². The van der Waals surface area contributed by atoms with Crippen LogP contribution in [0.25, 0.3) is 22.2 Å². The number of pyridine rings is 1. The smallest absolute Gasteiger partial charge is 0.212 e. The Bertz CT molecular complexity index is 903. The minimum Gasteiger partial charge on any atom is -0.394 e. The Balaban J connectivity index is 0.000000647. The van der Waals surface area contributed by atoms with Crippen LogP contribution in [-0.2, 0) is 11.2 Å². The van der Waals surface area contributed by atoms with Gasteiger partial charge in [0.05, 0.1) is 11.2 Å². The van der Waals surface area contributed by atoms with Gasteiger partial charge in [-0.3, -0.25) is 4.79 Å². The van der Waals surface area contributed by atoms with Gasteiger partial charge in [0.2, 0.25) is 5.43 Å². The molecular formula is C19H21ClN2O2. The van der Waals surface area contributed by atoms with Crippen molar-refractivity contribution < 1.29 is 4.74 Å². The van der Waals surface area contributed by atoms with E-state index in [0.717, 1.165) is 23.1 Å². The van der Waals surface area contributed by atoms with Crippen molar-refractivity contribution in [3.05, 3.63) is 63.3 Å². The number of nitrogen functional groups attached to an aromatic ring is 1. The van der Waals surface area contributed by atoms with Gasteiger partial charge in [0.15, 0.2) is 0 Å². The predicted octanol–water partition coefficient (Wildman–Crippen LogP) is 4.26. The fourth-order valence-electron chi connectivity index (χ4n) is 2.45. The molecule has 126 valence electrons. The molecule has 3 rings (SSSR count). The molecule has 0 fully saturated rings. The van der Waals surface area contributed by atoms with Crippen LogP contribution in [0.15, 0.2) is 47.3 Å². The second kappa shape index (κ2) is 7.99. The fraction of sp³-hybridized carbons (Fsp3) is 0.211. The third-order valence-corrected chi connectivity index (χ3v) is 3.98. The van der Waals surface area contributed by atoms with Crippen molar-refractivity contribution in [3.63, 3.8) is 0 Å². The first-order valence-electron chi connectivity index (χ1n) is 7.62. The Kier molecular flexibility index (Phi) is 6.01. The second-order valence-electron chi connectivity index (χ2n) is 5.36. The predicted molar refractivity (Wildman–Crippen MR) is 102 cm³/mol. The van der Waals surface area contributed by atoms with Crippen LogP contribution >= 0.6 is 11.6 Å². The van der Waals surface area contributed by atoms with Gasteiger partial charge in [-0.1, -0.05) is 42.8 Å². The van der Waals surface area contributed by atoms with Crippen LogP contribution in [0.5, 0.6) is 0 Å². The first-order valence-corrected chi connectivity index (χ1v) is 8.00. The molecule has 0 radical (unpaired) electrons. The van der Waals surface area contributed by atoms with Crippen LogP contribution in [0.2, 0.25) is 5.02 Å². The lowest BCUT2D eigenvalue weighted by Crippen LogP contribution is -2.12. The molecule has 0 aliphatic carbocycles. The lowest BCUT2D eigenvalue weighted by atomic mass is 10.0. The third-order valence-electron chi connectivity index (χ3n) is 3.65. The van der Waals surface area contributed by atoms with E-state index in [1.54, 1.807) is 20.3 Å². The van der Waals surface area contributed by atoms with Crippen molar-refractivity contribution in [2.75, 3.05) is 20.0 Å². The number of halogens is 1. The number of ether oxygens (including phenoxy) is 1. The molecule has 2 aromatic carbocycles. The van der Waals surface area contributed by atoms with E-state index in [0.29, 0.717) is 16.1 Å². The number of aromatic amines is 1. The largest absolute Gasteiger partial charge is 0.394 e. The van der Waals surface area contributed by atoms with E-state index in [1.165, 1.54) is 0 Å². The zero-order valence-electron chi connectivity index (χ0n) is 14.0. The first-order chi connectivity index (χ1) is 11.5. The summed E-state index contributed by atoms with van der Waals surface area (Å²) in [4.78, 5) is 15.7. The Hall–Kier alpha value is -2.30. The maximum atomic E-state index is 12.4. The van der Waals surface area contributed by atoms with E-state index < -0.39 is 0 Å². The molecule has 24 heavy (non-hydrogen) atoms. The van der Waals surface area contributed by atoms with Crippen LogP contribution < -0.4 is 11.2 Å². The number of rotatable bonds is 2. The maximum Gasteiger partial charge on any atom is 0.212 e. The minimum absolute atomic E-state index is 0.165. The van der Waals surface area contributed by atoms with Crippen LogP contribution in [0.3, 0.4) is 0 Å². The maximum absolute atomic E-state index is 12.4. The molecule has 0 amide bonds. The molecule has 1 heterocycles. The summed E-state index contributed by atoms with van der Waals surface area (Å²) < 4.78 is 4.25. The molecule has 1 aromatic heterocycles. The molecule has 4 nitrogen and oxygen atoms in total. The van der Waals surface area contributed by atoms with E-state index in [-0.39, 0.29) is 11.1 Å². The van der Waals surface area contributed by atoms with Gasteiger partial charge in [0, 0.05) is 30.2 Å². The number of benzene rings is 2. The van der Waals surface area contributed by atoms with Gasteiger partial charge in [-0.05, 0) is 30.2 Å². The lowest BCUT2D eigenvalue weighted by molar-refractivity contribution is 0.277. The van der Waals surface area contributed by atoms with Gasteiger partial charge in [-0.25, -0.2) is 0 Å². The fourth-order valence-corrected chi connectivity index (χ4v) is 2.68. The summed E-state index contributed by atoms with van der Waals surface area (Å²) in [6.07, 6.45) is 0.907. The van der Waals surface area contributed by atoms with Gasteiger partial charge < -0.3 is 15.5 Å². The molecule has 0 bridgehead atoms. The number of fused-ring (bicyclic) bond motifs is 1. The number of H-pyrrole nitrogens is 1. The van der Waals surface area contributed by atoms with E-state index in [2.05, 4.69) is 16.6 Å². The summed E-state index contributed by atoms with van der Waals surface area (Å²) in [6.45, 7) is 2.07. The number of hydrogen-bond acceptors (Lipinski definition) is 3. The number of nitrogens with two attached hydrogens (primary N) is 1. The number of aromatic nitrogens is 1. The SMILES string of the molecule is CCc1ccc2c(=O)c(N)c(-c3ccccc3Cl)[nH]c2c1.COC. The number of anilines is 1.